The molecule has 0 saturated carbocycles. The maximum Gasteiger partial charge on any atom is 0.305 e. The molecule has 1 aromatic heterocycles. The lowest BCUT2D eigenvalue weighted by Gasteiger charge is -2.31. The number of benzene rings is 1. The molecule has 0 bridgehead atoms. The summed E-state index contributed by atoms with van der Waals surface area (Å²) in [5.41, 5.74) is 0.644. The van der Waals surface area contributed by atoms with Gasteiger partial charge in [-0.05, 0) is 31.4 Å². The number of carboxylic acids is 1. The van der Waals surface area contributed by atoms with Gasteiger partial charge in [0.1, 0.15) is 0 Å². The number of carboxylic acid groups (broad SMARTS) is 1. The number of aryl methyl sites for hydroxylation is 2. The van der Waals surface area contributed by atoms with Crippen molar-refractivity contribution in [1.82, 2.24) is 14.9 Å². The van der Waals surface area contributed by atoms with Crippen molar-refractivity contribution >= 4 is 22.8 Å². The smallest absolute Gasteiger partial charge is 0.305 e. The fourth-order valence-corrected chi connectivity index (χ4v) is 3.09. The number of nitrogens with zero attached hydrogens (tertiary/aromatic N) is 2. The van der Waals surface area contributed by atoms with Crippen LogP contribution in [0, 0.1) is 6.92 Å². The van der Waals surface area contributed by atoms with Crippen molar-refractivity contribution in [1.29, 1.82) is 0 Å². The van der Waals surface area contributed by atoms with Gasteiger partial charge in [0.25, 0.3) is 5.56 Å². The van der Waals surface area contributed by atoms with Crippen LogP contribution >= 0.6 is 0 Å². The van der Waals surface area contributed by atoms with Crippen molar-refractivity contribution in [2.75, 3.05) is 0 Å². The Hall–Kier alpha value is -2.70. The number of fused-ring (bicyclic) bond motifs is 1. The maximum absolute atomic E-state index is 12.5. The van der Waals surface area contributed by atoms with Crippen LogP contribution in [0.25, 0.3) is 10.9 Å². The summed E-state index contributed by atoms with van der Waals surface area (Å²) >= 11 is 0. The van der Waals surface area contributed by atoms with Crippen LogP contribution in [0.15, 0.2) is 29.3 Å². The fourth-order valence-electron chi connectivity index (χ4n) is 3.09. The number of rotatable bonds is 8. The molecule has 0 aliphatic rings. The quantitative estimate of drug-likeness (QED) is 0.753. The van der Waals surface area contributed by atoms with Crippen molar-refractivity contribution in [3.63, 3.8) is 0 Å². The van der Waals surface area contributed by atoms with Crippen LogP contribution in [0.4, 0.5) is 0 Å². The third-order valence-electron chi connectivity index (χ3n) is 4.88. The molecule has 0 atom stereocenters. The topological polar surface area (TPSA) is 101 Å². The highest BCUT2D eigenvalue weighted by Gasteiger charge is 2.30. The van der Waals surface area contributed by atoms with Crippen LogP contribution in [-0.4, -0.2) is 32.1 Å². The SMILES string of the molecule is CCC(CC)(CC(=O)O)NC(=O)CCn1cnc2c(C)cccc2c1=O. The van der Waals surface area contributed by atoms with Gasteiger partial charge in [-0.3, -0.25) is 19.0 Å². The molecule has 2 rings (SSSR count). The molecule has 7 nitrogen and oxygen atoms in total. The van der Waals surface area contributed by atoms with E-state index in [-0.39, 0.29) is 30.9 Å². The maximum atomic E-state index is 12.5. The van der Waals surface area contributed by atoms with E-state index in [0.29, 0.717) is 23.7 Å². The van der Waals surface area contributed by atoms with E-state index in [2.05, 4.69) is 10.3 Å². The Balaban J connectivity index is 2.12. The van der Waals surface area contributed by atoms with Gasteiger partial charge in [-0.15, -0.1) is 0 Å². The summed E-state index contributed by atoms with van der Waals surface area (Å²) in [6, 6.07) is 5.42. The van der Waals surface area contributed by atoms with Gasteiger partial charge in [0.2, 0.25) is 5.91 Å². The number of amides is 1. The molecule has 0 radical (unpaired) electrons. The molecular weight excluding hydrogens is 334 g/mol. The lowest BCUT2D eigenvalue weighted by atomic mass is 9.89. The summed E-state index contributed by atoms with van der Waals surface area (Å²) in [5, 5.41) is 12.5. The molecule has 0 aliphatic heterocycles. The van der Waals surface area contributed by atoms with Crippen molar-refractivity contribution in [3.8, 4) is 0 Å². The standard InChI is InChI=1S/C19H25N3O4/c1-4-19(5-2,11-16(24)25)21-15(23)9-10-22-12-20-17-13(3)7-6-8-14(17)18(22)26/h6-8,12H,4-5,9-11H2,1-3H3,(H,21,23)(H,24,25). The Morgan fingerprint density at radius 1 is 1.27 bits per heavy atom. The van der Waals surface area contributed by atoms with E-state index in [0.717, 1.165) is 5.56 Å². The van der Waals surface area contributed by atoms with E-state index in [1.807, 2.05) is 26.8 Å². The van der Waals surface area contributed by atoms with Crippen LogP contribution in [-0.2, 0) is 16.1 Å². The van der Waals surface area contributed by atoms with Gasteiger partial charge in [0, 0.05) is 18.5 Å². The largest absolute Gasteiger partial charge is 0.481 e. The molecular formula is C19H25N3O4. The van der Waals surface area contributed by atoms with Crippen molar-refractivity contribution in [3.05, 3.63) is 40.4 Å². The molecule has 0 spiro atoms. The van der Waals surface area contributed by atoms with E-state index in [9.17, 15) is 14.4 Å². The first kappa shape index (κ1) is 19.6. The Morgan fingerprint density at radius 3 is 2.58 bits per heavy atom. The number of hydrogen-bond acceptors (Lipinski definition) is 4. The van der Waals surface area contributed by atoms with Gasteiger partial charge in [-0.1, -0.05) is 26.0 Å². The molecule has 1 aromatic carbocycles. The first-order valence-electron chi connectivity index (χ1n) is 8.79. The molecule has 2 aromatic rings. The van der Waals surface area contributed by atoms with Crippen molar-refractivity contribution in [2.24, 2.45) is 0 Å². The zero-order chi connectivity index (χ0) is 19.3. The molecule has 0 fully saturated rings. The second kappa shape index (κ2) is 8.12. The monoisotopic (exact) mass is 359 g/mol. The molecule has 0 saturated heterocycles. The van der Waals surface area contributed by atoms with E-state index in [1.165, 1.54) is 10.9 Å². The Morgan fingerprint density at radius 2 is 1.96 bits per heavy atom. The van der Waals surface area contributed by atoms with E-state index in [1.54, 1.807) is 12.1 Å². The predicted octanol–water partition coefficient (Wildman–Crippen LogP) is 2.24. The normalized spacial score (nSPS) is 11.5. The minimum atomic E-state index is -0.945. The van der Waals surface area contributed by atoms with Crippen LogP contribution in [0.3, 0.4) is 0 Å². The molecule has 1 amide bonds. The number of carbonyl (C=O) groups excluding carboxylic acids is 1. The number of aromatic nitrogens is 2. The fraction of sp³-hybridized carbons (Fsp3) is 0.474. The molecule has 1 heterocycles. The lowest BCUT2D eigenvalue weighted by molar-refractivity contribution is -0.139. The molecule has 0 unspecified atom stereocenters. The highest BCUT2D eigenvalue weighted by atomic mass is 16.4. The van der Waals surface area contributed by atoms with E-state index in [4.69, 9.17) is 5.11 Å². The summed E-state index contributed by atoms with van der Waals surface area (Å²) in [6.07, 6.45) is 2.47. The molecule has 140 valence electrons. The summed E-state index contributed by atoms with van der Waals surface area (Å²) in [6.45, 7) is 5.79. The van der Waals surface area contributed by atoms with Gasteiger partial charge in [0.05, 0.1) is 23.7 Å². The second-order valence-electron chi connectivity index (χ2n) is 6.57. The minimum absolute atomic E-state index is 0.0836. The van der Waals surface area contributed by atoms with Crippen LogP contribution in [0.2, 0.25) is 0 Å². The first-order chi connectivity index (χ1) is 12.3. The van der Waals surface area contributed by atoms with Gasteiger partial charge < -0.3 is 10.4 Å². The Kier molecular flexibility index (Phi) is 6.13. The van der Waals surface area contributed by atoms with Crippen LogP contribution in [0.5, 0.6) is 0 Å². The second-order valence-corrected chi connectivity index (χ2v) is 6.57. The molecule has 0 aliphatic carbocycles. The summed E-state index contributed by atoms with van der Waals surface area (Å²) in [5.74, 6) is -1.22. The minimum Gasteiger partial charge on any atom is -0.481 e. The molecule has 26 heavy (non-hydrogen) atoms. The average molecular weight is 359 g/mol. The van der Waals surface area contributed by atoms with Gasteiger partial charge in [0.15, 0.2) is 0 Å². The lowest BCUT2D eigenvalue weighted by Crippen LogP contribution is -2.49. The number of nitrogens with one attached hydrogen (secondary N) is 1. The number of para-hydroxylation sites is 1. The first-order valence-corrected chi connectivity index (χ1v) is 8.79. The number of aliphatic carboxylic acids is 1. The Bertz CT molecular complexity index is 869. The highest BCUT2D eigenvalue weighted by Crippen LogP contribution is 2.20. The van der Waals surface area contributed by atoms with Crippen molar-refractivity contribution < 1.29 is 14.7 Å². The average Bonchev–Trinajstić information content (AvgIpc) is 2.60. The predicted molar refractivity (Wildman–Crippen MR) is 99.1 cm³/mol. The zero-order valence-electron chi connectivity index (χ0n) is 15.4. The van der Waals surface area contributed by atoms with Gasteiger partial charge in [-0.2, -0.15) is 0 Å². The van der Waals surface area contributed by atoms with Crippen LogP contribution in [0.1, 0.15) is 45.1 Å². The summed E-state index contributed by atoms with van der Waals surface area (Å²) in [4.78, 5) is 40.3. The third kappa shape index (κ3) is 4.28. The third-order valence-corrected chi connectivity index (χ3v) is 4.88. The summed E-state index contributed by atoms with van der Waals surface area (Å²) < 4.78 is 1.41. The van der Waals surface area contributed by atoms with Crippen molar-refractivity contribution in [2.45, 2.75) is 58.5 Å². The molecule has 2 N–H and O–H groups in total. The number of carbonyl (C=O) groups is 2. The zero-order valence-corrected chi connectivity index (χ0v) is 15.4. The Labute approximate surface area is 152 Å². The number of hydrogen-bond donors (Lipinski definition) is 2. The van der Waals surface area contributed by atoms with E-state index < -0.39 is 11.5 Å². The van der Waals surface area contributed by atoms with Gasteiger partial charge >= 0.3 is 5.97 Å². The van der Waals surface area contributed by atoms with E-state index >= 15 is 0 Å². The van der Waals surface area contributed by atoms with Crippen LogP contribution < -0.4 is 10.9 Å². The molecule has 7 heteroatoms. The summed E-state index contributed by atoms with van der Waals surface area (Å²) in [7, 11) is 0. The van der Waals surface area contributed by atoms with Gasteiger partial charge in [-0.25, -0.2) is 4.98 Å². The highest BCUT2D eigenvalue weighted by molar-refractivity contribution is 5.80.